The van der Waals surface area contributed by atoms with Crippen molar-refractivity contribution >= 4 is 0 Å². The van der Waals surface area contributed by atoms with Crippen LogP contribution in [0, 0.1) is 12.8 Å². The summed E-state index contributed by atoms with van der Waals surface area (Å²) in [7, 11) is 0. The second-order valence-electron chi connectivity index (χ2n) is 6.74. The maximum Gasteiger partial charge on any atom is 0.120 e. The summed E-state index contributed by atoms with van der Waals surface area (Å²) in [6.45, 7) is 2.68. The number of hydrogen-bond acceptors (Lipinski definition) is 2. The molecule has 2 aromatic carbocycles. The molecule has 0 saturated heterocycles. The van der Waals surface area contributed by atoms with Gasteiger partial charge < -0.3 is 9.84 Å². The molecular formula is C21H26O2. The Balaban J connectivity index is 1.59. The molecule has 23 heavy (non-hydrogen) atoms. The van der Waals surface area contributed by atoms with Gasteiger partial charge in [0.05, 0.1) is 6.10 Å². The SMILES string of the molecule is Cc1ccc(COc2cccc(CC3CCCCC3O)c2)cc1. The van der Waals surface area contributed by atoms with E-state index in [1.807, 2.05) is 6.07 Å². The minimum atomic E-state index is -0.138. The molecule has 1 aliphatic rings. The van der Waals surface area contributed by atoms with E-state index >= 15 is 0 Å². The summed E-state index contributed by atoms with van der Waals surface area (Å²) < 4.78 is 5.93. The molecule has 0 heterocycles. The fourth-order valence-corrected chi connectivity index (χ4v) is 3.34. The van der Waals surface area contributed by atoms with Crippen LogP contribution in [0.5, 0.6) is 5.75 Å². The Labute approximate surface area is 139 Å². The van der Waals surface area contributed by atoms with Crippen molar-refractivity contribution in [2.75, 3.05) is 0 Å². The van der Waals surface area contributed by atoms with Gasteiger partial charge >= 0.3 is 0 Å². The molecule has 0 bridgehead atoms. The molecule has 2 heteroatoms. The van der Waals surface area contributed by atoms with Gasteiger partial charge in [-0.15, -0.1) is 0 Å². The van der Waals surface area contributed by atoms with E-state index in [-0.39, 0.29) is 6.10 Å². The molecule has 0 aromatic heterocycles. The van der Waals surface area contributed by atoms with Crippen LogP contribution in [0.4, 0.5) is 0 Å². The van der Waals surface area contributed by atoms with Gasteiger partial charge in [-0.1, -0.05) is 54.8 Å². The fraction of sp³-hybridized carbons (Fsp3) is 0.429. The van der Waals surface area contributed by atoms with E-state index in [2.05, 4.69) is 49.4 Å². The number of rotatable bonds is 5. The van der Waals surface area contributed by atoms with Crippen molar-refractivity contribution in [2.24, 2.45) is 5.92 Å². The first kappa shape index (κ1) is 16.1. The van der Waals surface area contributed by atoms with Gasteiger partial charge in [0.15, 0.2) is 0 Å². The molecule has 1 N–H and O–H groups in total. The van der Waals surface area contributed by atoms with Gasteiger partial charge in [-0.3, -0.25) is 0 Å². The normalized spacial score (nSPS) is 21.1. The average Bonchev–Trinajstić information content (AvgIpc) is 2.57. The van der Waals surface area contributed by atoms with E-state index in [4.69, 9.17) is 4.74 Å². The Morgan fingerprint density at radius 2 is 1.78 bits per heavy atom. The lowest BCUT2D eigenvalue weighted by atomic mass is 9.82. The summed E-state index contributed by atoms with van der Waals surface area (Å²) in [6.07, 6.45) is 5.30. The van der Waals surface area contributed by atoms with Gasteiger partial charge in [0.1, 0.15) is 12.4 Å². The molecule has 1 saturated carbocycles. The number of aliphatic hydroxyl groups excluding tert-OH is 1. The minimum absolute atomic E-state index is 0.138. The first-order valence-corrected chi connectivity index (χ1v) is 8.66. The third-order valence-electron chi connectivity index (χ3n) is 4.79. The van der Waals surface area contributed by atoms with Crippen LogP contribution >= 0.6 is 0 Å². The van der Waals surface area contributed by atoms with E-state index in [1.54, 1.807) is 0 Å². The Kier molecular flexibility index (Phi) is 5.35. The molecule has 1 aliphatic carbocycles. The van der Waals surface area contributed by atoms with Crippen molar-refractivity contribution in [3.05, 3.63) is 65.2 Å². The second kappa shape index (κ2) is 7.65. The van der Waals surface area contributed by atoms with Crippen molar-refractivity contribution in [2.45, 2.75) is 51.7 Å². The highest BCUT2D eigenvalue weighted by Crippen LogP contribution is 2.28. The molecule has 122 valence electrons. The Morgan fingerprint density at radius 3 is 2.57 bits per heavy atom. The summed E-state index contributed by atoms with van der Waals surface area (Å²) in [5, 5.41) is 10.1. The highest BCUT2D eigenvalue weighted by Gasteiger charge is 2.23. The molecule has 0 radical (unpaired) electrons. The lowest BCUT2D eigenvalue weighted by molar-refractivity contribution is 0.0700. The predicted octanol–water partition coefficient (Wildman–Crippen LogP) is 4.67. The third kappa shape index (κ3) is 4.59. The molecule has 2 nitrogen and oxygen atoms in total. The first-order valence-electron chi connectivity index (χ1n) is 8.66. The smallest absolute Gasteiger partial charge is 0.120 e. The molecule has 0 aliphatic heterocycles. The van der Waals surface area contributed by atoms with Gasteiger partial charge in [-0.2, -0.15) is 0 Å². The van der Waals surface area contributed by atoms with Crippen LogP contribution in [-0.2, 0) is 13.0 Å². The average molecular weight is 310 g/mol. The van der Waals surface area contributed by atoms with Crippen LogP contribution in [0.25, 0.3) is 0 Å². The van der Waals surface area contributed by atoms with Crippen LogP contribution < -0.4 is 4.74 Å². The molecule has 1 fully saturated rings. The predicted molar refractivity (Wildman–Crippen MR) is 93.6 cm³/mol. The molecule has 2 atom stereocenters. The van der Waals surface area contributed by atoms with E-state index in [1.165, 1.54) is 23.1 Å². The zero-order valence-electron chi connectivity index (χ0n) is 13.9. The standard InChI is InChI=1S/C21H26O2/c1-16-9-11-17(12-10-16)15-23-20-7-4-5-18(14-20)13-19-6-2-3-8-21(19)22/h4-5,7,9-12,14,19,21-22H,2-3,6,8,13,15H2,1H3. The lowest BCUT2D eigenvalue weighted by Gasteiger charge is -2.27. The number of aryl methyl sites for hydroxylation is 1. The fourth-order valence-electron chi connectivity index (χ4n) is 3.34. The van der Waals surface area contributed by atoms with Crippen molar-refractivity contribution in [3.8, 4) is 5.75 Å². The third-order valence-corrected chi connectivity index (χ3v) is 4.79. The van der Waals surface area contributed by atoms with Gasteiger partial charge in [0.2, 0.25) is 0 Å². The van der Waals surface area contributed by atoms with Crippen LogP contribution in [0.15, 0.2) is 48.5 Å². The monoisotopic (exact) mass is 310 g/mol. The number of ether oxygens (including phenoxy) is 1. The first-order chi connectivity index (χ1) is 11.2. The minimum Gasteiger partial charge on any atom is -0.489 e. The number of hydrogen-bond donors (Lipinski definition) is 1. The Morgan fingerprint density at radius 1 is 1.00 bits per heavy atom. The molecule has 2 unspecified atom stereocenters. The lowest BCUT2D eigenvalue weighted by Crippen LogP contribution is -2.26. The van der Waals surface area contributed by atoms with Gasteiger partial charge in [-0.05, 0) is 55.4 Å². The topological polar surface area (TPSA) is 29.5 Å². The summed E-state index contributed by atoms with van der Waals surface area (Å²) in [4.78, 5) is 0. The molecule has 0 amide bonds. The summed E-state index contributed by atoms with van der Waals surface area (Å²) >= 11 is 0. The van der Waals surface area contributed by atoms with Crippen LogP contribution in [-0.4, -0.2) is 11.2 Å². The van der Waals surface area contributed by atoms with Crippen molar-refractivity contribution in [3.63, 3.8) is 0 Å². The summed E-state index contributed by atoms with van der Waals surface area (Å²) in [6, 6.07) is 16.8. The Bertz CT molecular complexity index is 618. The molecule has 0 spiro atoms. The molecule has 2 aromatic rings. The zero-order valence-corrected chi connectivity index (χ0v) is 13.9. The summed E-state index contributed by atoms with van der Waals surface area (Å²) in [5.41, 5.74) is 3.71. The van der Waals surface area contributed by atoms with Gasteiger partial charge in [-0.25, -0.2) is 0 Å². The zero-order chi connectivity index (χ0) is 16.1. The second-order valence-corrected chi connectivity index (χ2v) is 6.74. The molecular weight excluding hydrogens is 284 g/mol. The number of benzene rings is 2. The molecule has 3 rings (SSSR count). The maximum absolute atomic E-state index is 10.1. The van der Waals surface area contributed by atoms with Crippen LogP contribution in [0.3, 0.4) is 0 Å². The van der Waals surface area contributed by atoms with Crippen molar-refractivity contribution in [1.29, 1.82) is 0 Å². The highest BCUT2D eigenvalue weighted by atomic mass is 16.5. The van der Waals surface area contributed by atoms with E-state index in [0.29, 0.717) is 12.5 Å². The van der Waals surface area contributed by atoms with E-state index < -0.39 is 0 Å². The quantitative estimate of drug-likeness (QED) is 0.869. The highest BCUT2D eigenvalue weighted by molar-refractivity contribution is 5.29. The van der Waals surface area contributed by atoms with Crippen molar-refractivity contribution < 1.29 is 9.84 Å². The van der Waals surface area contributed by atoms with Crippen LogP contribution in [0.2, 0.25) is 0 Å². The summed E-state index contributed by atoms with van der Waals surface area (Å²) in [5.74, 6) is 1.31. The van der Waals surface area contributed by atoms with Crippen molar-refractivity contribution in [1.82, 2.24) is 0 Å². The maximum atomic E-state index is 10.1. The van der Waals surface area contributed by atoms with E-state index in [9.17, 15) is 5.11 Å². The number of aliphatic hydroxyl groups is 1. The van der Waals surface area contributed by atoms with Gasteiger partial charge in [0.25, 0.3) is 0 Å². The van der Waals surface area contributed by atoms with Gasteiger partial charge in [0, 0.05) is 0 Å². The Hall–Kier alpha value is -1.80. The largest absolute Gasteiger partial charge is 0.489 e. The van der Waals surface area contributed by atoms with Crippen LogP contribution in [0.1, 0.15) is 42.4 Å². The van der Waals surface area contributed by atoms with E-state index in [0.717, 1.165) is 31.4 Å².